The Morgan fingerprint density at radius 3 is 2.67 bits per heavy atom. The number of methoxy groups -OCH3 is 1. The van der Waals surface area contributed by atoms with E-state index in [1.54, 1.807) is 25.7 Å². The predicted molar refractivity (Wildman–Crippen MR) is 79.1 cm³/mol. The van der Waals surface area contributed by atoms with Gasteiger partial charge in [0.2, 0.25) is 0 Å². The van der Waals surface area contributed by atoms with Crippen molar-refractivity contribution < 1.29 is 9.47 Å². The van der Waals surface area contributed by atoms with Crippen LogP contribution in [0.25, 0.3) is 0 Å². The first kappa shape index (κ1) is 13.9. The van der Waals surface area contributed by atoms with Crippen molar-refractivity contribution in [1.29, 1.82) is 0 Å². The van der Waals surface area contributed by atoms with Crippen molar-refractivity contribution >= 4 is 17.4 Å². The lowest BCUT2D eigenvalue weighted by atomic mass is 10.3. The molecular formula is C14H15ClN4O2. The Labute approximate surface area is 127 Å². The number of nitrogens with zero attached hydrogens (tertiary/aromatic N) is 4. The number of anilines is 1. The van der Waals surface area contributed by atoms with Gasteiger partial charge < -0.3 is 14.4 Å². The van der Waals surface area contributed by atoms with E-state index in [2.05, 4.69) is 19.9 Å². The zero-order valence-electron chi connectivity index (χ0n) is 11.6. The zero-order valence-corrected chi connectivity index (χ0v) is 12.3. The molecule has 3 heterocycles. The Morgan fingerprint density at radius 2 is 2.00 bits per heavy atom. The van der Waals surface area contributed by atoms with E-state index in [0.29, 0.717) is 16.8 Å². The van der Waals surface area contributed by atoms with E-state index in [-0.39, 0.29) is 6.10 Å². The first-order chi connectivity index (χ1) is 10.2. The predicted octanol–water partition coefficient (Wildman–Crippen LogP) is 2.19. The number of pyridine rings is 1. The Morgan fingerprint density at radius 1 is 1.19 bits per heavy atom. The van der Waals surface area contributed by atoms with E-state index < -0.39 is 0 Å². The van der Waals surface area contributed by atoms with Crippen LogP contribution >= 0.6 is 11.6 Å². The van der Waals surface area contributed by atoms with Gasteiger partial charge in [-0.1, -0.05) is 11.6 Å². The minimum Gasteiger partial charge on any atom is -0.494 e. The third-order valence-corrected chi connectivity index (χ3v) is 3.52. The minimum atomic E-state index is 0.0517. The number of ether oxygens (including phenoxy) is 2. The molecule has 2 aromatic heterocycles. The van der Waals surface area contributed by atoms with Crippen molar-refractivity contribution in [3.63, 3.8) is 0 Å². The summed E-state index contributed by atoms with van der Waals surface area (Å²) >= 11 is 5.85. The third-order valence-electron chi connectivity index (χ3n) is 3.29. The van der Waals surface area contributed by atoms with Crippen molar-refractivity contribution in [3.05, 3.63) is 35.7 Å². The molecule has 1 unspecified atom stereocenters. The van der Waals surface area contributed by atoms with E-state index >= 15 is 0 Å². The number of hydrogen-bond acceptors (Lipinski definition) is 6. The van der Waals surface area contributed by atoms with Crippen molar-refractivity contribution in [2.45, 2.75) is 12.5 Å². The highest BCUT2D eigenvalue weighted by Crippen LogP contribution is 2.22. The van der Waals surface area contributed by atoms with Gasteiger partial charge >= 0.3 is 6.01 Å². The quantitative estimate of drug-likeness (QED) is 0.863. The molecule has 3 rings (SSSR count). The summed E-state index contributed by atoms with van der Waals surface area (Å²) in [6, 6.07) is 4.12. The summed E-state index contributed by atoms with van der Waals surface area (Å²) in [7, 11) is 1.58. The topological polar surface area (TPSA) is 60.4 Å². The highest BCUT2D eigenvalue weighted by Gasteiger charge is 2.25. The Hall–Kier alpha value is -2.08. The number of hydrogen-bond donors (Lipinski definition) is 0. The molecule has 7 heteroatoms. The molecule has 1 aliphatic heterocycles. The van der Waals surface area contributed by atoms with Crippen LogP contribution in [0, 0.1) is 0 Å². The summed E-state index contributed by atoms with van der Waals surface area (Å²) in [6.45, 7) is 1.64. The van der Waals surface area contributed by atoms with Crippen molar-refractivity contribution in [1.82, 2.24) is 15.0 Å². The van der Waals surface area contributed by atoms with Gasteiger partial charge in [-0.15, -0.1) is 0 Å². The van der Waals surface area contributed by atoms with Gasteiger partial charge in [0.25, 0.3) is 0 Å². The summed E-state index contributed by atoms with van der Waals surface area (Å²) in [5.41, 5.74) is 0. The molecule has 1 atom stereocenters. The number of halogens is 1. The largest absolute Gasteiger partial charge is 0.494 e. The molecule has 0 radical (unpaired) electrons. The first-order valence-electron chi connectivity index (χ1n) is 6.64. The molecule has 0 aromatic carbocycles. The summed E-state index contributed by atoms with van der Waals surface area (Å²) in [4.78, 5) is 14.7. The molecular weight excluding hydrogens is 292 g/mol. The third kappa shape index (κ3) is 3.33. The fourth-order valence-corrected chi connectivity index (χ4v) is 2.32. The van der Waals surface area contributed by atoms with Crippen LogP contribution in [-0.2, 0) is 0 Å². The molecule has 0 aliphatic carbocycles. The Bertz CT molecular complexity index is 591. The highest BCUT2D eigenvalue weighted by molar-refractivity contribution is 6.30. The lowest BCUT2D eigenvalue weighted by Crippen LogP contribution is -2.25. The number of rotatable bonds is 4. The van der Waals surface area contributed by atoms with Crippen LogP contribution in [0.1, 0.15) is 6.42 Å². The molecule has 1 saturated heterocycles. The van der Waals surface area contributed by atoms with E-state index in [9.17, 15) is 0 Å². The molecule has 0 amide bonds. The van der Waals surface area contributed by atoms with Gasteiger partial charge in [0.05, 0.1) is 31.1 Å². The standard InChI is InChI=1S/C14H15ClN4O2/c1-20-12-7-17-14(18-8-12)21-11-4-5-19(9-11)13-3-2-10(15)6-16-13/h2-3,6-8,11H,4-5,9H2,1H3. The Balaban J connectivity index is 1.60. The van der Waals surface area contributed by atoms with Crippen molar-refractivity contribution in [2.24, 2.45) is 0 Å². The van der Waals surface area contributed by atoms with E-state index in [1.807, 2.05) is 12.1 Å². The molecule has 1 fully saturated rings. The second-order valence-corrected chi connectivity index (χ2v) is 5.15. The smallest absolute Gasteiger partial charge is 0.316 e. The zero-order chi connectivity index (χ0) is 14.7. The monoisotopic (exact) mass is 306 g/mol. The van der Waals surface area contributed by atoms with Crippen LogP contribution in [0.4, 0.5) is 5.82 Å². The van der Waals surface area contributed by atoms with Crippen LogP contribution in [0.3, 0.4) is 0 Å². The SMILES string of the molecule is COc1cnc(OC2CCN(c3ccc(Cl)cn3)C2)nc1. The molecule has 21 heavy (non-hydrogen) atoms. The fraction of sp³-hybridized carbons (Fsp3) is 0.357. The summed E-state index contributed by atoms with van der Waals surface area (Å²) < 4.78 is 10.8. The fourth-order valence-electron chi connectivity index (χ4n) is 2.21. The second-order valence-electron chi connectivity index (χ2n) is 4.71. The maximum Gasteiger partial charge on any atom is 0.316 e. The van der Waals surface area contributed by atoms with Gasteiger partial charge in [0.1, 0.15) is 11.9 Å². The molecule has 0 saturated carbocycles. The maximum atomic E-state index is 5.85. The van der Waals surface area contributed by atoms with Gasteiger partial charge in [0, 0.05) is 19.2 Å². The summed E-state index contributed by atoms with van der Waals surface area (Å²) in [5, 5.41) is 0.636. The van der Waals surface area contributed by atoms with Crippen LogP contribution in [-0.4, -0.2) is 41.3 Å². The lowest BCUT2D eigenvalue weighted by Gasteiger charge is -2.17. The molecule has 1 aliphatic rings. The molecule has 0 N–H and O–H groups in total. The summed E-state index contributed by atoms with van der Waals surface area (Å²) in [5.74, 6) is 1.52. The van der Waals surface area contributed by atoms with Gasteiger partial charge in [0.15, 0.2) is 5.75 Å². The normalized spacial score (nSPS) is 17.8. The minimum absolute atomic E-state index is 0.0517. The van der Waals surface area contributed by atoms with Crippen molar-refractivity contribution in [2.75, 3.05) is 25.1 Å². The maximum absolute atomic E-state index is 5.85. The molecule has 0 spiro atoms. The van der Waals surface area contributed by atoms with Crippen LogP contribution < -0.4 is 14.4 Å². The van der Waals surface area contributed by atoms with Gasteiger partial charge in [-0.3, -0.25) is 0 Å². The average Bonchev–Trinajstić information content (AvgIpc) is 2.97. The van der Waals surface area contributed by atoms with Crippen LogP contribution in [0.2, 0.25) is 5.02 Å². The van der Waals surface area contributed by atoms with E-state index in [0.717, 1.165) is 25.3 Å². The van der Waals surface area contributed by atoms with E-state index in [4.69, 9.17) is 21.1 Å². The van der Waals surface area contributed by atoms with Crippen molar-refractivity contribution in [3.8, 4) is 11.8 Å². The first-order valence-corrected chi connectivity index (χ1v) is 7.01. The molecule has 6 nitrogen and oxygen atoms in total. The van der Waals surface area contributed by atoms with E-state index in [1.165, 1.54) is 0 Å². The average molecular weight is 307 g/mol. The van der Waals surface area contributed by atoms with Gasteiger partial charge in [-0.25, -0.2) is 4.98 Å². The molecule has 2 aromatic rings. The van der Waals surface area contributed by atoms with Gasteiger partial charge in [-0.2, -0.15) is 9.97 Å². The lowest BCUT2D eigenvalue weighted by molar-refractivity contribution is 0.205. The van der Waals surface area contributed by atoms with Crippen LogP contribution in [0.15, 0.2) is 30.7 Å². The van der Waals surface area contributed by atoms with Gasteiger partial charge in [-0.05, 0) is 12.1 Å². The van der Waals surface area contributed by atoms with Crippen LogP contribution in [0.5, 0.6) is 11.8 Å². The molecule has 0 bridgehead atoms. The highest BCUT2D eigenvalue weighted by atomic mass is 35.5. The summed E-state index contributed by atoms with van der Waals surface area (Å²) in [6.07, 6.45) is 5.79. The Kier molecular flexibility index (Phi) is 4.06. The second kappa shape index (κ2) is 6.13. The number of aromatic nitrogens is 3. The molecule has 110 valence electrons.